The maximum absolute atomic E-state index is 12.3. The highest BCUT2D eigenvalue weighted by Crippen LogP contribution is 2.29. The molecule has 1 aliphatic carbocycles. The maximum Gasteiger partial charge on any atom is 0.319 e. The zero-order chi connectivity index (χ0) is 15.4. The van der Waals surface area contributed by atoms with Gasteiger partial charge in [0.1, 0.15) is 5.56 Å². The van der Waals surface area contributed by atoms with Crippen molar-refractivity contribution >= 4 is 35.0 Å². The van der Waals surface area contributed by atoms with E-state index in [9.17, 15) is 14.9 Å². The van der Waals surface area contributed by atoms with Gasteiger partial charge in [0.25, 0.3) is 5.91 Å². The molecule has 0 spiro atoms. The second kappa shape index (κ2) is 7.09. The topological polar surface area (TPSA) is 85.1 Å². The molecule has 1 aromatic heterocycles. The predicted molar refractivity (Wildman–Crippen MR) is 82.9 cm³/mol. The molecule has 0 saturated heterocycles. The molecule has 1 aliphatic rings. The molecule has 1 N–H and O–H groups in total. The minimum atomic E-state index is -0.669. The monoisotopic (exact) mass is 329 g/mol. The van der Waals surface area contributed by atoms with E-state index in [0.29, 0.717) is 5.25 Å². The van der Waals surface area contributed by atoms with Crippen molar-refractivity contribution in [2.45, 2.75) is 37.0 Å². The molecule has 114 valence electrons. The zero-order valence-corrected chi connectivity index (χ0v) is 13.1. The van der Waals surface area contributed by atoms with Crippen LogP contribution >= 0.6 is 23.4 Å². The van der Waals surface area contributed by atoms with E-state index in [-0.39, 0.29) is 16.8 Å². The van der Waals surface area contributed by atoms with Crippen molar-refractivity contribution in [2.24, 2.45) is 0 Å². The summed E-state index contributed by atoms with van der Waals surface area (Å²) in [4.78, 5) is 26.4. The van der Waals surface area contributed by atoms with Crippen molar-refractivity contribution in [3.8, 4) is 0 Å². The van der Waals surface area contributed by atoms with Gasteiger partial charge < -0.3 is 5.32 Å². The predicted octanol–water partition coefficient (Wildman–Crippen LogP) is 3.05. The molecular formula is C13H16ClN3O3S. The molecule has 8 heteroatoms. The van der Waals surface area contributed by atoms with Crippen LogP contribution in [0.1, 0.15) is 36.0 Å². The molecular weight excluding hydrogens is 314 g/mol. The number of thioether (sulfide) groups is 1. The van der Waals surface area contributed by atoms with Gasteiger partial charge >= 0.3 is 5.69 Å². The average molecular weight is 330 g/mol. The van der Waals surface area contributed by atoms with Gasteiger partial charge in [-0.3, -0.25) is 14.9 Å². The number of halogens is 1. The third kappa shape index (κ3) is 3.65. The van der Waals surface area contributed by atoms with E-state index in [1.54, 1.807) is 11.8 Å². The highest BCUT2D eigenvalue weighted by atomic mass is 35.5. The fourth-order valence-corrected chi connectivity index (χ4v) is 3.74. The molecule has 0 bridgehead atoms. The summed E-state index contributed by atoms with van der Waals surface area (Å²) in [5.74, 6) is -0.461. The third-order valence-corrected chi connectivity index (χ3v) is 5.07. The molecule has 21 heavy (non-hydrogen) atoms. The van der Waals surface area contributed by atoms with E-state index in [2.05, 4.69) is 10.3 Å². The summed E-state index contributed by atoms with van der Waals surface area (Å²) in [5.41, 5.74) is -0.474. The SMILES string of the molecule is CSC1CCCCC1NC(=O)c1ccnc(Cl)c1[N+](=O)[O-]. The summed E-state index contributed by atoms with van der Waals surface area (Å²) < 4.78 is 0. The van der Waals surface area contributed by atoms with Gasteiger partial charge in [0.05, 0.1) is 4.92 Å². The fraction of sp³-hybridized carbons (Fsp3) is 0.538. The van der Waals surface area contributed by atoms with E-state index < -0.39 is 16.5 Å². The van der Waals surface area contributed by atoms with Crippen LogP contribution in [0.15, 0.2) is 12.3 Å². The lowest BCUT2D eigenvalue weighted by Crippen LogP contribution is -2.43. The molecule has 0 aliphatic heterocycles. The van der Waals surface area contributed by atoms with Gasteiger partial charge in [-0.25, -0.2) is 4.98 Å². The summed E-state index contributed by atoms with van der Waals surface area (Å²) in [6.07, 6.45) is 7.47. The Morgan fingerprint density at radius 3 is 2.90 bits per heavy atom. The molecule has 1 fully saturated rings. The number of carbonyl (C=O) groups excluding carboxylic acids is 1. The summed E-state index contributed by atoms with van der Waals surface area (Å²) >= 11 is 7.45. The first-order valence-electron chi connectivity index (χ1n) is 6.67. The minimum Gasteiger partial charge on any atom is -0.348 e. The van der Waals surface area contributed by atoms with Crippen LogP contribution in [0.5, 0.6) is 0 Å². The lowest BCUT2D eigenvalue weighted by molar-refractivity contribution is -0.385. The Bertz CT molecular complexity index is 555. The van der Waals surface area contributed by atoms with Gasteiger partial charge in [0.2, 0.25) is 5.15 Å². The van der Waals surface area contributed by atoms with Crippen molar-refractivity contribution in [1.82, 2.24) is 10.3 Å². The van der Waals surface area contributed by atoms with Gasteiger partial charge in [-0.05, 0) is 25.2 Å². The number of nitrogens with one attached hydrogen (secondary N) is 1. The molecule has 1 heterocycles. The Morgan fingerprint density at radius 1 is 1.52 bits per heavy atom. The molecule has 2 atom stereocenters. The molecule has 2 rings (SSSR count). The number of nitrogens with zero attached hydrogens (tertiary/aromatic N) is 2. The van der Waals surface area contributed by atoms with E-state index in [4.69, 9.17) is 11.6 Å². The quantitative estimate of drug-likeness (QED) is 0.521. The first-order chi connectivity index (χ1) is 10.0. The number of aromatic nitrogens is 1. The van der Waals surface area contributed by atoms with Crippen LogP contribution < -0.4 is 5.32 Å². The number of hydrogen-bond donors (Lipinski definition) is 1. The van der Waals surface area contributed by atoms with E-state index in [1.807, 2.05) is 6.26 Å². The van der Waals surface area contributed by atoms with Crippen LogP contribution in [0, 0.1) is 10.1 Å². The standard InChI is InChI=1S/C13H16ClN3O3S/c1-21-10-5-3-2-4-9(10)16-13(18)8-6-7-15-12(14)11(8)17(19)20/h6-7,9-10H,2-5H2,1H3,(H,16,18). The second-order valence-electron chi connectivity index (χ2n) is 4.89. The highest BCUT2D eigenvalue weighted by molar-refractivity contribution is 7.99. The van der Waals surface area contributed by atoms with Gasteiger partial charge in [-0.2, -0.15) is 11.8 Å². The average Bonchev–Trinajstić information content (AvgIpc) is 2.47. The molecule has 1 amide bonds. The molecule has 0 radical (unpaired) electrons. The molecule has 1 saturated carbocycles. The van der Waals surface area contributed by atoms with Crippen molar-refractivity contribution in [3.63, 3.8) is 0 Å². The van der Waals surface area contributed by atoms with Crippen LogP contribution in [-0.2, 0) is 0 Å². The lowest BCUT2D eigenvalue weighted by Gasteiger charge is -2.30. The Labute approximate surface area is 131 Å². The van der Waals surface area contributed by atoms with Crippen LogP contribution in [0.2, 0.25) is 5.15 Å². The van der Waals surface area contributed by atoms with Crippen molar-refractivity contribution in [2.75, 3.05) is 6.26 Å². The summed E-state index contributed by atoms with van der Waals surface area (Å²) in [6, 6.07) is 1.36. The summed E-state index contributed by atoms with van der Waals surface area (Å²) in [6.45, 7) is 0. The van der Waals surface area contributed by atoms with Gasteiger partial charge in [-0.15, -0.1) is 0 Å². The van der Waals surface area contributed by atoms with Crippen molar-refractivity contribution < 1.29 is 9.72 Å². The Kier molecular flexibility index (Phi) is 5.41. The molecule has 6 nitrogen and oxygen atoms in total. The maximum atomic E-state index is 12.3. The number of carbonyl (C=O) groups is 1. The first-order valence-corrected chi connectivity index (χ1v) is 8.33. The molecule has 1 aromatic rings. The smallest absolute Gasteiger partial charge is 0.319 e. The van der Waals surface area contributed by atoms with Gasteiger partial charge in [0.15, 0.2) is 0 Å². The Balaban J connectivity index is 2.20. The normalized spacial score (nSPS) is 21.8. The zero-order valence-electron chi connectivity index (χ0n) is 11.5. The Morgan fingerprint density at radius 2 is 2.24 bits per heavy atom. The third-order valence-electron chi connectivity index (χ3n) is 3.63. The minimum absolute atomic E-state index is 0.0350. The second-order valence-corrected chi connectivity index (χ2v) is 6.33. The van der Waals surface area contributed by atoms with E-state index in [0.717, 1.165) is 25.7 Å². The van der Waals surface area contributed by atoms with Gasteiger partial charge in [0, 0.05) is 17.5 Å². The van der Waals surface area contributed by atoms with Crippen LogP contribution in [0.3, 0.4) is 0 Å². The number of nitro groups is 1. The summed E-state index contributed by atoms with van der Waals surface area (Å²) in [5, 5.41) is 14.0. The number of pyridine rings is 1. The largest absolute Gasteiger partial charge is 0.348 e. The van der Waals surface area contributed by atoms with Crippen molar-refractivity contribution in [1.29, 1.82) is 0 Å². The van der Waals surface area contributed by atoms with Crippen LogP contribution in [0.25, 0.3) is 0 Å². The van der Waals surface area contributed by atoms with Gasteiger partial charge in [-0.1, -0.05) is 24.4 Å². The van der Waals surface area contributed by atoms with Crippen molar-refractivity contribution in [3.05, 3.63) is 33.1 Å². The summed E-state index contributed by atoms with van der Waals surface area (Å²) in [7, 11) is 0. The van der Waals surface area contributed by atoms with E-state index in [1.165, 1.54) is 12.3 Å². The molecule has 0 aromatic carbocycles. The van der Waals surface area contributed by atoms with Crippen LogP contribution in [0.4, 0.5) is 5.69 Å². The molecule has 2 unspecified atom stereocenters. The van der Waals surface area contributed by atoms with E-state index >= 15 is 0 Å². The first kappa shape index (κ1) is 16.0. The van der Waals surface area contributed by atoms with Crippen LogP contribution in [-0.4, -0.2) is 33.4 Å². The highest BCUT2D eigenvalue weighted by Gasteiger charge is 2.30. The lowest BCUT2D eigenvalue weighted by atomic mass is 9.94. The number of hydrogen-bond acceptors (Lipinski definition) is 5. The number of rotatable bonds is 4. The Hall–Kier alpha value is -1.34. The number of amides is 1. The fourth-order valence-electron chi connectivity index (χ4n) is 2.58.